The van der Waals surface area contributed by atoms with E-state index in [1.54, 1.807) is 12.1 Å². The van der Waals surface area contributed by atoms with E-state index in [4.69, 9.17) is 4.98 Å². The Labute approximate surface area is 195 Å². The fourth-order valence-corrected chi connectivity index (χ4v) is 4.99. The number of pyridine rings is 1. The monoisotopic (exact) mass is 449 g/mol. The molecule has 1 aliphatic heterocycles. The molecule has 0 aliphatic carbocycles. The molecule has 1 unspecified atom stereocenters. The molecular formula is C27H29ClFN3. The number of fused-ring (bicyclic) bond motifs is 1. The summed E-state index contributed by atoms with van der Waals surface area (Å²) in [5.74, 6) is 1.37. The summed E-state index contributed by atoms with van der Waals surface area (Å²) < 4.78 is 16.1. The topological polar surface area (TPSA) is 21.1 Å². The quantitative estimate of drug-likeness (QED) is 0.348. The van der Waals surface area contributed by atoms with E-state index >= 15 is 0 Å². The summed E-state index contributed by atoms with van der Waals surface area (Å²) in [6.07, 6.45) is 4.29. The van der Waals surface area contributed by atoms with Crippen molar-refractivity contribution in [3.05, 3.63) is 95.1 Å². The summed E-state index contributed by atoms with van der Waals surface area (Å²) in [5, 5.41) is 1.24. The predicted molar refractivity (Wildman–Crippen MR) is 133 cm³/mol. The molecule has 166 valence electrons. The molecule has 0 bridgehead atoms. The molecule has 1 saturated heterocycles. The molecule has 5 heteroatoms. The second-order valence-corrected chi connectivity index (χ2v) is 8.65. The van der Waals surface area contributed by atoms with E-state index in [9.17, 15) is 4.39 Å². The average molecular weight is 450 g/mol. The zero-order chi connectivity index (χ0) is 21.4. The van der Waals surface area contributed by atoms with Gasteiger partial charge in [-0.1, -0.05) is 42.5 Å². The largest absolute Gasteiger partial charge is 0.354 e. The van der Waals surface area contributed by atoms with Crippen LogP contribution in [-0.4, -0.2) is 22.6 Å². The van der Waals surface area contributed by atoms with Crippen molar-refractivity contribution in [2.24, 2.45) is 0 Å². The molecule has 32 heavy (non-hydrogen) atoms. The van der Waals surface area contributed by atoms with Gasteiger partial charge in [0.05, 0.1) is 5.52 Å². The van der Waals surface area contributed by atoms with Gasteiger partial charge in [0.25, 0.3) is 0 Å². The van der Waals surface area contributed by atoms with Crippen molar-refractivity contribution < 1.29 is 4.39 Å². The van der Waals surface area contributed by atoms with Crippen LogP contribution in [0.5, 0.6) is 0 Å². The van der Waals surface area contributed by atoms with Gasteiger partial charge in [0, 0.05) is 42.8 Å². The lowest BCUT2D eigenvalue weighted by Crippen LogP contribution is -2.35. The molecule has 0 amide bonds. The number of hydrogen-bond acceptors (Lipinski definition) is 2. The maximum absolute atomic E-state index is 13.8. The molecule has 2 aromatic carbocycles. The van der Waals surface area contributed by atoms with Crippen LogP contribution in [0.3, 0.4) is 0 Å². The lowest BCUT2D eigenvalue weighted by molar-refractivity contribution is 0.507. The van der Waals surface area contributed by atoms with Crippen LogP contribution in [0, 0.1) is 19.7 Å². The third kappa shape index (κ3) is 4.12. The Morgan fingerprint density at radius 3 is 2.62 bits per heavy atom. The fraction of sp³-hybridized carbons (Fsp3) is 0.296. The van der Waals surface area contributed by atoms with Gasteiger partial charge < -0.3 is 9.47 Å². The van der Waals surface area contributed by atoms with Crippen LogP contribution in [0.1, 0.15) is 41.1 Å². The Hall–Kier alpha value is -2.85. The summed E-state index contributed by atoms with van der Waals surface area (Å²) in [6.45, 7) is 6.95. The Kier molecular flexibility index (Phi) is 6.52. The first-order valence-corrected chi connectivity index (χ1v) is 11.1. The molecule has 0 saturated carbocycles. The molecule has 5 rings (SSSR count). The zero-order valence-corrected chi connectivity index (χ0v) is 19.4. The van der Waals surface area contributed by atoms with E-state index in [1.807, 2.05) is 12.3 Å². The highest BCUT2D eigenvalue weighted by Crippen LogP contribution is 2.35. The summed E-state index contributed by atoms with van der Waals surface area (Å²) in [7, 11) is 0. The van der Waals surface area contributed by atoms with Crippen LogP contribution in [0.15, 0.2) is 66.9 Å². The third-order valence-electron chi connectivity index (χ3n) is 6.75. The summed E-state index contributed by atoms with van der Waals surface area (Å²) in [5.41, 5.74) is 6.02. The minimum atomic E-state index is -0.191. The molecule has 0 radical (unpaired) electrons. The Bertz CT molecular complexity index is 1220. The maximum atomic E-state index is 13.8. The average Bonchev–Trinajstić information content (AvgIpc) is 3.05. The van der Waals surface area contributed by atoms with Gasteiger partial charge in [0.2, 0.25) is 0 Å². The number of nitrogens with zero attached hydrogens (tertiary/aromatic N) is 3. The van der Waals surface area contributed by atoms with Crippen molar-refractivity contribution in [3.8, 4) is 0 Å². The van der Waals surface area contributed by atoms with Crippen molar-refractivity contribution in [2.45, 2.75) is 39.2 Å². The second kappa shape index (κ2) is 9.33. The van der Waals surface area contributed by atoms with Crippen molar-refractivity contribution >= 4 is 29.1 Å². The van der Waals surface area contributed by atoms with Gasteiger partial charge in [-0.3, -0.25) is 0 Å². The van der Waals surface area contributed by atoms with E-state index < -0.39 is 0 Å². The van der Waals surface area contributed by atoms with Gasteiger partial charge in [0.15, 0.2) is 5.82 Å². The number of piperidine rings is 1. The highest BCUT2D eigenvalue weighted by atomic mass is 35.5. The third-order valence-corrected chi connectivity index (χ3v) is 6.75. The highest BCUT2D eigenvalue weighted by molar-refractivity contribution is 5.93. The lowest BCUT2D eigenvalue weighted by Gasteiger charge is -2.34. The number of benzene rings is 2. The molecule has 1 atom stereocenters. The predicted octanol–water partition coefficient (Wildman–Crippen LogP) is 6.65. The minimum absolute atomic E-state index is 0. The molecule has 3 heterocycles. The van der Waals surface area contributed by atoms with Crippen LogP contribution >= 0.6 is 12.4 Å². The van der Waals surface area contributed by atoms with E-state index in [2.05, 4.69) is 59.7 Å². The summed E-state index contributed by atoms with van der Waals surface area (Å²) in [4.78, 5) is 7.31. The molecular weight excluding hydrogens is 421 g/mol. The second-order valence-electron chi connectivity index (χ2n) is 8.65. The molecule has 4 aromatic rings. The molecule has 3 nitrogen and oxygen atoms in total. The number of aromatic nitrogens is 2. The smallest absolute Gasteiger partial charge is 0.153 e. The highest BCUT2D eigenvalue weighted by Gasteiger charge is 2.25. The Morgan fingerprint density at radius 1 is 1.03 bits per heavy atom. The standard InChI is InChI=1S/C27H28FN3.ClH/c1-19-20(2)31(17-21-8-6-12-24(28)16-21)26-25(19)13-14-29-27(26)30-15-7-11-23(18-30)22-9-4-3-5-10-22;/h3-6,8-10,12-14,16,23H,7,11,15,17-18H2,1-2H3;1H. The number of rotatable bonds is 4. The lowest BCUT2D eigenvalue weighted by atomic mass is 9.90. The number of hydrogen-bond donors (Lipinski definition) is 0. The summed E-state index contributed by atoms with van der Waals surface area (Å²) >= 11 is 0. The van der Waals surface area contributed by atoms with E-state index in [0.717, 1.165) is 36.4 Å². The van der Waals surface area contributed by atoms with Crippen molar-refractivity contribution in [1.82, 2.24) is 9.55 Å². The van der Waals surface area contributed by atoms with Crippen LogP contribution < -0.4 is 4.90 Å². The van der Waals surface area contributed by atoms with Gasteiger partial charge in [-0.15, -0.1) is 12.4 Å². The molecule has 0 N–H and O–H groups in total. The molecule has 2 aromatic heterocycles. The first kappa shape index (κ1) is 22.3. The van der Waals surface area contributed by atoms with Crippen molar-refractivity contribution in [2.75, 3.05) is 18.0 Å². The maximum Gasteiger partial charge on any atom is 0.153 e. The van der Waals surface area contributed by atoms with Crippen molar-refractivity contribution in [3.63, 3.8) is 0 Å². The van der Waals surface area contributed by atoms with Crippen LogP contribution in [-0.2, 0) is 6.54 Å². The van der Waals surface area contributed by atoms with Gasteiger partial charge >= 0.3 is 0 Å². The van der Waals surface area contributed by atoms with Crippen LogP contribution in [0.25, 0.3) is 10.9 Å². The van der Waals surface area contributed by atoms with Gasteiger partial charge in [0.1, 0.15) is 5.82 Å². The molecule has 1 aliphatic rings. The first-order valence-electron chi connectivity index (χ1n) is 11.1. The Morgan fingerprint density at radius 2 is 1.84 bits per heavy atom. The zero-order valence-electron chi connectivity index (χ0n) is 18.6. The van der Waals surface area contributed by atoms with Crippen LogP contribution in [0.2, 0.25) is 0 Å². The van der Waals surface area contributed by atoms with E-state index in [-0.39, 0.29) is 18.2 Å². The Balaban J connectivity index is 0.00000245. The van der Waals surface area contributed by atoms with Gasteiger partial charge in [-0.25, -0.2) is 9.37 Å². The van der Waals surface area contributed by atoms with Crippen molar-refractivity contribution in [1.29, 1.82) is 0 Å². The number of anilines is 1. The van der Waals surface area contributed by atoms with Gasteiger partial charge in [-0.2, -0.15) is 0 Å². The van der Waals surface area contributed by atoms with Gasteiger partial charge in [-0.05, 0) is 61.6 Å². The van der Waals surface area contributed by atoms with E-state index in [0.29, 0.717) is 12.5 Å². The number of aryl methyl sites for hydroxylation is 1. The SMILES string of the molecule is Cc1c(C)n(Cc2cccc(F)c2)c2c(N3CCCC(c4ccccc4)C3)nccc12.Cl. The summed E-state index contributed by atoms with van der Waals surface area (Å²) in [6, 6.07) is 19.8. The number of halogens is 2. The van der Waals surface area contributed by atoms with Crippen LogP contribution in [0.4, 0.5) is 10.2 Å². The van der Waals surface area contributed by atoms with E-state index in [1.165, 1.54) is 34.7 Å². The molecule has 1 fully saturated rings. The first-order chi connectivity index (χ1) is 15.1. The fourth-order valence-electron chi connectivity index (χ4n) is 4.99. The molecule has 0 spiro atoms. The normalized spacial score (nSPS) is 16.2. The minimum Gasteiger partial charge on any atom is -0.354 e.